The second kappa shape index (κ2) is 11.1. The molecule has 1 aliphatic heterocycles. The number of phenols is 1. The van der Waals surface area contributed by atoms with Crippen LogP contribution in [0, 0.1) is 0 Å². The number of carbonyl (C=O) groups excluding carboxylic acids is 2. The highest BCUT2D eigenvalue weighted by molar-refractivity contribution is 5.78. The fourth-order valence-electron chi connectivity index (χ4n) is 3.30. The van der Waals surface area contributed by atoms with Crippen LogP contribution in [0.2, 0.25) is 0 Å². The van der Waals surface area contributed by atoms with Crippen molar-refractivity contribution in [3.63, 3.8) is 0 Å². The Morgan fingerprint density at radius 3 is 1.81 bits per heavy atom. The largest absolute Gasteiger partial charge is 0.508 e. The molecule has 1 N–H and O–H groups in total. The molecule has 1 aliphatic rings. The van der Waals surface area contributed by atoms with Gasteiger partial charge in [-0.15, -0.1) is 0 Å². The van der Waals surface area contributed by atoms with Crippen LogP contribution in [0.25, 0.3) is 0 Å². The van der Waals surface area contributed by atoms with Crippen LogP contribution in [0.5, 0.6) is 23.0 Å². The van der Waals surface area contributed by atoms with Gasteiger partial charge < -0.3 is 29.1 Å². The van der Waals surface area contributed by atoms with E-state index in [9.17, 15) is 14.7 Å². The third-order valence-electron chi connectivity index (χ3n) is 5.01. The molecule has 3 rings (SSSR count). The summed E-state index contributed by atoms with van der Waals surface area (Å²) in [7, 11) is 1.59. The first-order chi connectivity index (χ1) is 15.0. The molecule has 2 aromatic rings. The van der Waals surface area contributed by atoms with Crippen molar-refractivity contribution >= 4 is 11.8 Å². The van der Waals surface area contributed by atoms with Crippen molar-refractivity contribution < 1.29 is 28.9 Å². The molecule has 2 amide bonds. The Morgan fingerprint density at radius 2 is 1.29 bits per heavy atom. The zero-order valence-electron chi connectivity index (χ0n) is 17.7. The lowest BCUT2D eigenvalue weighted by Crippen LogP contribution is -2.51. The summed E-state index contributed by atoms with van der Waals surface area (Å²) in [5.74, 6) is 2.03. The molecule has 31 heavy (non-hydrogen) atoms. The molecule has 1 heterocycles. The van der Waals surface area contributed by atoms with Gasteiger partial charge in [0.15, 0.2) is 0 Å². The Morgan fingerprint density at radius 1 is 0.806 bits per heavy atom. The molecule has 0 spiro atoms. The summed E-state index contributed by atoms with van der Waals surface area (Å²) >= 11 is 0. The normalized spacial score (nSPS) is 13.6. The third-order valence-corrected chi connectivity index (χ3v) is 5.01. The van der Waals surface area contributed by atoms with Crippen LogP contribution in [0.4, 0.5) is 0 Å². The average Bonchev–Trinajstić information content (AvgIpc) is 2.79. The van der Waals surface area contributed by atoms with Gasteiger partial charge in [0.05, 0.1) is 33.2 Å². The smallest absolute Gasteiger partial charge is 0.226 e. The minimum absolute atomic E-state index is 0.00592. The molecular formula is C23H28N2O6. The lowest BCUT2D eigenvalue weighted by atomic mass is 10.2. The number of carbonyl (C=O) groups is 2. The van der Waals surface area contributed by atoms with Crippen molar-refractivity contribution in [2.24, 2.45) is 0 Å². The van der Waals surface area contributed by atoms with Crippen LogP contribution in [0.3, 0.4) is 0 Å². The maximum absolute atomic E-state index is 12.4. The number of methoxy groups -OCH3 is 1. The highest BCUT2D eigenvalue weighted by Gasteiger charge is 2.23. The number of nitrogens with zero attached hydrogens (tertiary/aromatic N) is 2. The second-order valence-corrected chi connectivity index (χ2v) is 7.13. The molecule has 0 aromatic heterocycles. The van der Waals surface area contributed by atoms with Crippen LogP contribution in [0.1, 0.15) is 12.8 Å². The summed E-state index contributed by atoms with van der Waals surface area (Å²) in [6, 6.07) is 13.7. The topological polar surface area (TPSA) is 88.5 Å². The van der Waals surface area contributed by atoms with Crippen LogP contribution in [-0.2, 0) is 9.59 Å². The number of hydrogen-bond donors (Lipinski definition) is 1. The molecule has 1 saturated heterocycles. The van der Waals surface area contributed by atoms with Crippen LogP contribution >= 0.6 is 0 Å². The maximum atomic E-state index is 12.4. The van der Waals surface area contributed by atoms with Gasteiger partial charge in [0.1, 0.15) is 23.0 Å². The molecule has 0 aliphatic carbocycles. The predicted octanol–water partition coefficient (Wildman–Crippen LogP) is 2.31. The number of amides is 2. The Kier molecular flexibility index (Phi) is 7.98. The maximum Gasteiger partial charge on any atom is 0.226 e. The minimum Gasteiger partial charge on any atom is -0.508 e. The molecule has 166 valence electrons. The second-order valence-electron chi connectivity index (χ2n) is 7.13. The van der Waals surface area contributed by atoms with E-state index in [4.69, 9.17) is 14.2 Å². The monoisotopic (exact) mass is 428 g/mol. The van der Waals surface area contributed by atoms with Gasteiger partial charge in [-0.2, -0.15) is 0 Å². The molecule has 8 heteroatoms. The van der Waals surface area contributed by atoms with E-state index in [1.165, 1.54) is 6.07 Å². The number of phenolic OH excluding ortho intramolecular Hbond substituents is 1. The first-order valence-corrected chi connectivity index (χ1v) is 10.3. The third kappa shape index (κ3) is 6.80. The van der Waals surface area contributed by atoms with E-state index in [0.717, 1.165) is 0 Å². The number of ether oxygens (including phenoxy) is 3. The summed E-state index contributed by atoms with van der Waals surface area (Å²) in [5.41, 5.74) is 0. The van der Waals surface area contributed by atoms with E-state index >= 15 is 0 Å². The molecule has 0 saturated carbocycles. The first kappa shape index (κ1) is 22.3. The van der Waals surface area contributed by atoms with E-state index in [-0.39, 0.29) is 43.6 Å². The highest BCUT2D eigenvalue weighted by atomic mass is 16.5. The summed E-state index contributed by atoms with van der Waals surface area (Å²) in [4.78, 5) is 28.3. The van der Waals surface area contributed by atoms with Crippen LogP contribution in [0.15, 0.2) is 48.5 Å². The Labute approximate surface area is 181 Å². The Balaban J connectivity index is 1.33. The van der Waals surface area contributed by atoms with Gasteiger partial charge in [-0.05, 0) is 24.3 Å². The summed E-state index contributed by atoms with van der Waals surface area (Å²) < 4.78 is 16.3. The molecular weight excluding hydrogens is 400 g/mol. The lowest BCUT2D eigenvalue weighted by Gasteiger charge is -2.35. The van der Waals surface area contributed by atoms with E-state index < -0.39 is 0 Å². The Bertz CT molecular complexity index is 880. The van der Waals surface area contributed by atoms with Crippen molar-refractivity contribution in [1.82, 2.24) is 9.80 Å². The number of rotatable bonds is 9. The van der Waals surface area contributed by atoms with Gasteiger partial charge in [-0.3, -0.25) is 9.59 Å². The minimum atomic E-state index is -0.00592. The van der Waals surface area contributed by atoms with E-state index in [1.807, 2.05) is 18.2 Å². The van der Waals surface area contributed by atoms with Crippen molar-refractivity contribution in [2.75, 3.05) is 46.5 Å². The van der Waals surface area contributed by atoms with Gasteiger partial charge in [0.2, 0.25) is 11.8 Å². The zero-order chi connectivity index (χ0) is 22.1. The quantitative estimate of drug-likeness (QED) is 0.659. The van der Waals surface area contributed by atoms with Crippen LogP contribution in [-0.4, -0.2) is 73.2 Å². The fourth-order valence-corrected chi connectivity index (χ4v) is 3.30. The Hall–Kier alpha value is -3.42. The van der Waals surface area contributed by atoms with E-state index in [2.05, 4.69) is 0 Å². The number of aromatic hydroxyl groups is 1. The molecule has 1 fully saturated rings. The SMILES string of the molecule is COc1cccc(OCCC(=O)N2CCN(C(=O)CCOc3cccc(O)c3)CC2)c1. The van der Waals surface area contributed by atoms with Gasteiger partial charge >= 0.3 is 0 Å². The average molecular weight is 428 g/mol. The van der Waals surface area contributed by atoms with Crippen molar-refractivity contribution in [3.8, 4) is 23.0 Å². The summed E-state index contributed by atoms with van der Waals surface area (Å²) in [6.45, 7) is 2.57. The summed E-state index contributed by atoms with van der Waals surface area (Å²) in [5, 5.41) is 9.43. The predicted molar refractivity (Wildman–Crippen MR) is 114 cm³/mol. The van der Waals surface area contributed by atoms with Crippen molar-refractivity contribution in [3.05, 3.63) is 48.5 Å². The molecule has 0 bridgehead atoms. The van der Waals surface area contributed by atoms with E-state index in [1.54, 1.807) is 41.2 Å². The molecule has 0 radical (unpaired) electrons. The summed E-state index contributed by atoms with van der Waals surface area (Å²) in [6.07, 6.45) is 0.529. The highest BCUT2D eigenvalue weighted by Crippen LogP contribution is 2.19. The molecule has 2 aromatic carbocycles. The van der Waals surface area contributed by atoms with Crippen molar-refractivity contribution in [2.45, 2.75) is 12.8 Å². The van der Waals surface area contributed by atoms with Gasteiger partial charge in [0, 0.05) is 38.3 Å². The first-order valence-electron chi connectivity index (χ1n) is 10.3. The fraction of sp³-hybridized carbons (Fsp3) is 0.391. The number of piperazine rings is 1. The van der Waals surface area contributed by atoms with E-state index in [0.29, 0.717) is 43.4 Å². The number of benzene rings is 2. The zero-order valence-corrected chi connectivity index (χ0v) is 17.7. The number of hydrogen-bond acceptors (Lipinski definition) is 6. The molecule has 0 unspecified atom stereocenters. The molecule has 0 atom stereocenters. The van der Waals surface area contributed by atoms with Crippen LogP contribution < -0.4 is 14.2 Å². The standard InChI is InChI=1S/C23H28N2O6/c1-29-19-5-3-7-21(17-19)31-15-9-23(28)25-12-10-24(11-13-25)22(27)8-14-30-20-6-2-4-18(26)16-20/h2-7,16-17,26H,8-15H2,1H3. The van der Waals surface area contributed by atoms with Gasteiger partial charge in [-0.1, -0.05) is 12.1 Å². The lowest BCUT2D eigenvalue weighted by molar-refractivity contribution is -0.140. The van der Waals surface area contributed by atoms with Gasteiger partial charge in [-0.25, -0.2) is 0 Å². The molecule has 8 nitrogen and oxygen atoms in total. The van der Waals surface area contributed by atoms with Crippen molar-refractivity contribution in [1.29, 1.82) is 0 Å². The van der Waals surface area contributed by atoms with Gasteiger partial charge in [0.25, 0.3) is 0 Å².